The lowest BCUT2D eigenvalue weighted by atomic mass is 9.91. The highest BCUT2D eigenvalue weighted by atomic mass is 16.5. The van der Waals surface area contributed by atoms with E-state index in [2.05, 4.69) is 6.58 Å². The summed E-state index contributed by atoms with van der Waals surface area (Å²) >= 11 is 0. The first-order valence-electron chi connectivity index (χ1n) is 5.92. The third kappa shape index (κ3) is 4.16. The van der Waals surface area contributed by atoms with Gasteiger partial charge in [0.15, 0.2) is 0 Å². The smallest absolute Gasteiger partial charge is 0.149 e. The van der Waals surface area contributed by atoms with Crippen molar-refractivity contribution in [2.24, 2.45) is 11.8 Å². The van der Waals surface area contributed by atoms with Gasteiger partial charge in [0, 0.05) is 0 Å². The Hall–Kier alpha value is -1.41. The van der Waals surface area contributed by atoms with Crippen molar-refractivity contribution in [1.82, 2.24) is 0 Å². The van der Waals surface area contributed by atoms with Crippen LogP contribution in [0.3, 0.4) is 0 Å². The Kier molecular flexibility index (Phi) is 5.64. The minimum absolute atomic E-state index is 0.147. The number of benzene rings is 1. The van der Waals surface area contributed by atoms with E-state index in [0.29, 0.717) is 6.61 Å². The van der Waals surface area contributed by atoms with Gasteiger partial charge in [-0.15, -0.1) is 6.58 Å². The lowest BCUT2D eigenvalue weighted by molar-refractivity contribution is -0.122. The first kappa shape index (κ1) is 13.7. The van der Waals surface area contributed by atoms with Crippen molar-refractivity contribution in [2.45, 2.75) is 26.6 Å². The molecule has 0 N–H and O–H groups in total. The Bertz CT molecular complexity index is 345. The van der Waals surface area contributed by atoms with Crippen LogP contribution in [0, 0.1) is 11.8 Å². The molecule has 0 aliphatic rings. The van der Waals surface area contributed by atoms with E-state index in [4.69, 9.17) is 4.74 Å². The van der Waals surface area contributed by atoms with E-state index < -0.39 is 0 Å². The van der Waals surface area contributed by atoms with Crippen molar-refractivity contribution >= 4 is 6.29 Å². The molecule has 0 aliphatic heterocycles. The Morgan fingerprint density at radius 3 is 2.47 bits per heavy atom. The molecule has 17 heavy (non-hydrogen) atoms. The number of rotatable bonds is 7. The molecule has 0 fully saturated rings. The summed E-state index contributed by atoms with van der Waals surface area (Å²) in [5, 5.41) is 0. The Balaban J connectivity index is 2.53. The highest BCUT2D eigenvalue weighted by molar-refractivity contribution is 5.56. The van der Waals surface area contributed by atoms with Crippen LogP contribution < -0.4 is 0 Å². The summed E-state index contributed by atoms with van der Waals surface area (Å²) in [4.78, 5) is 11.0. The van der Waals surface area contributed by atoms with Crippen LogP contribution in [-0.4, -0.2) is 12.4 Å². The predicted octanol–water partition coefficient (Wildman–Crippen LogP) is 3.23. The average molecular weight is 232 g/mol. The average Bonchev–Trinajstić information content (AvgIpc) is 2.39. The van der Waals surface area contributed by atoms with Crippen molar-refractivity contribution < 1.29 is 9.53 Å². The summed E-state index contributed by atoms with van der Waals surface area (Å²) in [6.45, 7) is 8.27. The lowest BCUT2D eigenvalue weighted by Crippen LogP contribution is -2.27. The van der Waals surface area contributed by atoms with Crippen molar-refractivity contribution in [3.63, 3.8) is 0 Å². The summed E-state index contributed by atoms with van der Waals surface area (Å²) in [7, 11) is 0. The molecule has 1 aromatic carbocycles. The summed E-state index contributed by atoms with van der Waals surface area (Å²) in [6.07, 6.45) is 2.36. The number of aldehydes is 1. The van der Waals surface area contributed by atoms with E-state index in [9.17, 15) is 4.79 Å². The molecule has 3 atom stereocenters. The van der Waals surface area contributed by atoms with E-state index in [1.165, 1.54) is 0 Å². The molecule has 92 valence electrons. The highest BCUT2D eigenvalue weighted by Gasteiger charge is 2.21. The second-order valence-corrected chi connectivity index (χ2v) is 4.35. The summed E-state index contributed by atoms with van der Waals surface area (Å²) in [6, 6.07) is 9.87. The number of hydrogen-bond donors (Lipinski definition) is 0. The maximum Gasteiger partial charge on any atom is 0.149 e. The summed E-state index contributed by atoms with van der Waals surface area (Å²) < 4.78 is 5.65. The zero-order valence-electron chi connectivity index (χ0n) is 10.5. The molecule has 0 amide bonds. The number of carbonyl (C=O) groups is 1. The third-order valence-corrected chi connectivity index (χ3v) is 3.14. The fraction of sp³-hybridized carbons (Fsp3) is 0.400. The van der Waals surface area contributed by atoms with Crippen molar-refractivity contribution in [2.75, 3.05) is 0 Å². The molecule has 0 unspecified atom stereocenters. The quantitative estimate of drug-likeness (QED) is 0.533. The first-order chi connectivity index (χ1) is 8.19. The molecule has 2 heteroatoms. The topological polar surface area (TPSA) is 26.3 Å². The van der Waals surface area contributed by atoms with Gasteiger partial charge in [0.25, 0.3) is 0 Å². The van der Waals surface area contributed by atoms with Gasteiger partial charge in [0.1, 0.15) is 12.4 Å². The molecule has 0 radical (unpaired) electrons. The lowest BCUT2D eigenvalue weighted by Gasteiger charge is -2.23. The molecule has 0 saturated heterocycles. The molecule has 0 saturated carbocycles. The van der Waals surface area contributed by atoms with Crippen LogP contribution in [0.25, 0.3) is 0 Å². The minimum atomic E-state index is -0.372. The SMILES string of the molecule is C=C[C@H](C)[C@H](C)[C@H](C=O)OCc1ccccc1. The van der Waals surface area contributed by atoms with E-state index in [0.717, 1.165) is 11.8 Å². The van der Waals surface area contributed by atoms with Gasteiger partial charge in [-0.2, -0.15) is 0 Å². The first-order valence-corrected chi connectivity index (χ1v) is 5.92. The van der Waals surface area contributed by atoms with Crippen molar-refractivity contribution in [3.05, 3.63) is 48.6 Å². The summed E-state index contributed by atoms with van der Waals surface area (Å²) in [5.41, 5.74) is 1.08. The van der Waals surface area contributed by atoms with Crippen LogP contribution in [0.2, 0.25) is 0 Å². The van der Waals surface area contributed by atoms with Gasteiger partial charge in [0.2, 0.25) is 0 Å². The van der Waals surface area contributed by atoms with Gasteiger partial charge in [-0.3, -0.25) is 0 Å². The number of carbonyl (C=O) groups excluding carboxylic acids is 1. The number of hydrogen-bond acceptors (Lipinski definition) is 2. The second-order valence-electron chi connectivity index (χ2n) is 4.35. The van der Waals surface area contributed by atoms with Gasteiger partial charge in [-0.25, -0.2) is 0 Å². The minimum Gasteiger partial charge on any atom is -0.366 e. The molecule has 0 aliphatic carbocycles. The monoisotopic (exact) mass is 232 g/mol. The van der Waals surface area contributed by atoms with Gasteiger partial charge in [-0.05, 0) is 17.4 Å². The van der Waals surface area contributed by atoms with Gasteiger partial charge < -0.3 is 9.53 Å². The fourth-order valence-corrected chi connectivity index (χ4v) is 1.60. The standard InChI is InChI=1S/C15H20O2/c1-4-12(2)13(3)15(10-16)17-11-14-8-6-5-7-9-14/h4-10,12-13,15H,1,11H2,2-3H3/t12-,13-,15-/m0/s1. The second kappa shape index (κ2) is 7.02. The summed E-state index contributed by atoms with van der Waals surface area (Å²) in [5.74, 6) is 0.412. The molecule has 0 aromatic heterocycles. The van der Waals surface area contributed by atoms with Crippen LogP contribution in [0.4, 0.5) is 0 Å². The van der Waals surface area contributed by atoms with Gasteiger partial charge in [-0.1, -0.05) is 50.3 Å². The Morgan fingerprint density at radius 2 is 1.94 bits per heavy atom. The maximum absolute atomic E-state index is 11.0. The highest BCUT2D eigenvalue weighted by Crippen LogP contribution is 2.18. The Morgan fingerprint density at radius 1 is 1.29 bits per heavy atom. The van der Waals surface area contributed by atoms with E-state index in [1.54, 1.807) is 0 Å². The number of allylic oxidation sites excluding steroid dienone is 1. The van der Waals surface area contributed by atoms with Crippen LogP contribution in [0.1, 0.15) is 19.4 Å². The molecule has 0 heterocycles. The zero-order valence-corrected chi connectivity index (χ0v) is 10.5. The van der Waals surface area contributed by atoms with Crippen LogP contribution in [0.15, 0.2) is 43.0 Å². The van der Waals surface area contributed by atoms with Crippen LogP contribution in [0.5, 0.6) is 0 Å². The molecular weight excluding hydrogens is 212 g/mol. The fourth-order valence-electron chi connectivity index (χ4n) is 1.60. The molecule has 0 bridgehead atoms. The normalized spacial score (nSPS) is 15.9. The van der Waals surface area contributed by atoms with Crippen molar-refractivity contribution in [3.8, 4) is 0 Å². The van der Waals surface area contributed by atoms with Crippen molar-refractivity contribution in [1.29, 1.82) is 0 Å². The van der Waals surface area contributed by atoms with E-state index in [1.807, 2.05) is 50.3 Å². The Labute approximate surface area is 103 Å². The number of ether oxygens (including phenoxy) is 1. The van der Waals surface area contributed by atoms with Crippen LogP contribution >= 0.6 is 0 Å². The molecule has 1 aromatic rings. The van der Waals surface area contributed by atoms with Gasteiger partial charge >= 0.3 is 0 Å². The van der Waals surface area contributed by atoms with Crippen LogP contribution in [-0.2, 0) is 16.1 Å². The largest absolute Gasteiger partial charge is 0.366 e. The predicted molar refractivity (Wildman–Crippen MR) is 69.6 cm³/mol. The zero-order chi connectivity index (χ0) is 12.7. The molecular formula is C15H20O2. The van der Waals surface area contributed by atoms with E-state index in [-0.39, 0.29) is 17.9 Å². The maximum atomic E-state index is 11.0. The van der Waals surface area contributed by atoms with E-state index >= 15 is 0 Å². The molecule has 0 spiro atoms. The molecule has 1 rings (SSSR count). The molecule has 2 nitrogen and oxygen atoms in total. The third-order valence-electron chi connectivity index (χ3n) is 3.14. The van der Waals surface area contributed by atoms with Gasteiger partial charge in [0.05, 0.1) is 6.61 Å².